The Kier molecular flexibility index (Phi) is 5.19. The number of hydrogen-bond donors (Lipinski definition) is 1. The molecule has 0 aromatic carbocycles. The number of hydrogen-bond acceptors (Lipinski definition) is 3. The summed E-state index contributed by atoms with van der Waals surface area (Å²) in [5.74, 6) is -0.0277. The van der Waals surface area contributed by atoms with Crippen LogP contribution in [0.1, 0.15) is 38.5 Å². The maximum Gasteiger partial charge on any atom is 0.223 e. The number of carbonyl (C=O) groups excluding carboxylic acids is 2. The Balaban J connectivity index is 1.67. The fourth-order valence-electron chi connectivity index (χ4n) is 3.01. The third kappa shape index (κ3) is 4.20. The minimum atomic E-state index is -0.222. The number of amides is 2. The van der Waals surface area contributed by atoms with Gasteiger partial charge in [0.1, 0.15) is 0 Å². The highest BCUT2D eigenvalue weighted by atomic mass is 16.2. The molecule has 5 nitrogen and oxygen atoms in total. The maximum absolute atomic E-state index is 12.1. The molecule has 0 unspecified atom stereocenters. The van der Waals surface area contributed by atoms with Crippen molar-refractivity contribution in [2.45, 2.75) is 38.5 Å². The van der Waals surface area contributed by atoms with Gasteiger partial charge in [-0.3, -0.25) is 9.59 Å². The third-order valence-corrected chi connectivity index (χ3v) is 4.34. The second kappa shape index (κ2) is 6.89. The van der Waals surface area contributed by atoms with Crippen LogP contribution in [0.3, 0.4) is 0 Å². The lowest BCUT2D eigenvalue weighted by Crippen LogP contribution is -2.43. The van der Waals surface area contributed by atoms with Crippen molar-refractivity contribution in [3.63, 3.8) is 0 Å². The van der Waals surface area contributed by atoms with E-state index in [0.717, 1.165) is 32.5 Å². The van der Waals surface area contributed by atoms with Crippen LogP contribution >= 0.6 is 0 Å². The fraction of sp³-hybridized carbons (Fsp3) is 0.857. The first-order chi connectivity index (χ1) is 9.16. The second-order valence-corrected chi connectivity index (χ2v) is 5.71. The molecule has 0 radical (unpaired) electrons. The normalized spacial score (nSPS) is 22.4. The molecule has 2 rings (SSSR count). The lowest BCUT2D eigenvalue weighted by Gasteiger charge is -2.32. The zero-order valence-electron chi connectivity index (χ0n) is 11.6. The first-order valence-corrected chi connectivity index (χ1v) is 7.46. The first-order valence-electron chi connectivity index (χ1n) is 7.46. The fourth-order valence-corrected chi connectivity index (χ4v) is 3.01. The van der Waals surface area contributed by atoms with E-state index >= 15 is 0 Å². The van der Waals surface area contributed by atoms with Crippen molar-refractivity contribution in [1.29, 1.82) is 0 Å². The van der Waals surface area contributed by atoms with Crippen molar-refractivity contribution in [3.8, 4) is 0 Å². The van der Waals surface area contributed by atoms with Crippen LogP contribution in [0.4, 0.5) is 0 Å². The summed E-state index contributed by atoms with van der Waals surface area (Å²) >= 11 is 0. The Morgan fingerprint density at radius 2 is 1.63 bits per heavy atom. The number of rotatable bonds is 4. The van der Waals surface area contributed by atoms with E-state index in [1.54, 1.807) is 0 Å². The minimum Gasteiger partial charge on any atom is -0.369 e. The Bertz CT molecular complexity index is 319. The summed E-state index contributed by atoms with van der Waals surface area (Å²) in [7, 11) is 0. The molecule has 2 aliphatic rings. The highest BCUT2D eigenvalue weighted by molar-refractivity contribution is 5.78. The molecule has 2 heterocycles. The summed E-state index contributed by atoms with van der Waals surface area (Å²) in [6.07, 6.45) is 5.91. The Labute approximate surface area is 115 Å². The van der Waals surface area contributed by atoms with E-state index in [1.807, 2.05) is 4.90 Å². The molecule has 0 saturated carbocycles. The molecule has 2 amide bonds. The molecule has 2 aliphatic heterocycles. The summed E-state index contributed by atoms with van der Waals surface area (Å²) < 4.78 is 0. The quantitative estimate of drug-likeness (QED) is 0.810. The van der Waals surface area contributed by atoms with E-state index < -0.39 is 0 Å². The first kappa shape index (κ1) is 14.3. The molecule has 19 heavy (non-hydrogen) atoms. The average Bonchev–Trinajstić information content (AvgIpc) is 2.46. The van der Waals surface area contributed by atoms with E-state index in [1.165, 1.54) is 19.3 Å². The molecule has 0 bridgehead atoms. The van der Waals surface area contributed by atoms with Crippen LogP contribution in [0, 0.1) is 5.92 Å². The van der Waals surface area contributed by atoms with Crippen molar-refractivity contribution < 1.29 is 9.59 Å². The van der Waals surface area contributed by atoms with Gasteiger partial charge >= 0.3 is 0 Å². The highest BCUT2D eigenvalue weighted by Gasteiger charge is 2.25. The number of piperidine rings is 2. The monoisotopic (exact) mass is 267 g/mol. The topological polar surface area (TPSA) is 66.6 Å². The number of carbonyl (C=O) groups is 2. The molecule has 2 N–H and O–H groups in total. The smallest absolute Gasteiger partial charge is 0.223 e. The molecule has 2 saturated heterocycles. The van der Waals surface area contributed by atoms with E-state index in [9.17, 15) is 9.59 Å². The summed E-state index contributed by atoms with van der Waals surface area (Å²) in [6.45, 7) is 4.53. The van der Waals surface area contributed by atoms with Crippen LogP contribution in [0.2, 0.25) is 0 Å². The number of primary amides is 1. The van der Waals surface area contributed by atoms with Crippen LogP contribution in [0.5, 0.6) is 0 Å². The van der Waals surface area contributed by atoms with E-state index in [-0.39, 0.29) is 17.7 Å². The standard InChI is InChI=1S/C14H25N3O2/c15-14(19)12-4-10-17(11-5-12)13(18)6-9-16-7-2-1-3-8-16/h12H,1-11H2,(H2,15,19). The summed E-state index contributed by atoms with van der Waals surface area (Å²) in [5.41, 5.74) is 5.30. The van der Waals surface area contributed by atoms with Gasteiger partial charge in [-0.2, -0.15) is 0 Å². The number of nitrogens with two attached hydrogens (primary N) is 1. The van der Waals surface area contributed by atoms with Gasteiger partial charge in [-0.05, 0) is 38.8 Å². The van der Waals surface area contributed by atoms with Gasteiger partial charge in [0.2, 0.25) is 11.8 Å². The zero-order valence-corrected chi connectivity index (χ0v) is 11.6. The van der Waals surface area contributed by atoms with Crippen LogP contribution in [0.25, 0.3) is 0 Å². The highest BCUT2D eigenvalue weighted by Crippen LogP contribution is 2.17. The van der Waals surface area contributed by atoms with Crippen LogP contribution in [-0.4, -0.2) is 54.3 Å². The van der Waals surface area contributed by atoms with Crippen molar-refractivity contribution >= 4 is 11.8 Å². The predicted octanol–water partition coefficient (Wildman–Crippen LogP) is 0.586. The average molecular weight is 267 g/mol. The SMILES string of the molecule is NC(=O)C1CCN(C(=O)CCN2CCCCC2)CC1. The van der Waals surface area contributed by atoms with Crippen LogP contribution in [0.15, 0.2) is 0 Å². The molecule has 0 spiro atoms. The molecule has 0 aromatic rings. The summed E-state index contributed by atoms with van der Waals surface area (Å²) in [5, 5.41) is 0. The van der Waals surface area contributed by atoms with Gasteiger partial charge in [0, 0.05) is 32.0 Å². The summed E-state index contributed by atoms with van der Waals surface area (Å²) in [4.78, 5) is 27.5. The molecule has 108 valence electrons. The molecule has 2 fully saturated rings. The minimum absolute atomic E-state index is 0.0360. The molecular weight excluding hydrogens is 242 g/mol. The van der Waals surface area contributed by atoms with E-state index in [4.69, 9.17) is 5.73 Å². The molecule has 0 atom stereocenters. The zero-order chi connectivity index (χ0) is 13.7. The number of likely N-dealkylation sites (tertiary alicyclic amines) is 2. The predicted molar refractivity (Wildman–Crippen MR) is 73.4 cm³/mol. The molecule has 0 aromatic heterocycles. The van der Waals surface area contributed by atoms with Gasteiger partial charge < -0.3 is 15.5 Å². The van der Waals surface area contributed by atoms with Crippen LogP contribution < -0.4 is 5.73 Å². The van der Waals surface area contributed by atoms with Crippen molar-refractivity contribution in [2.75, 3.05) is 32.7 Å². The van der Waals surface area contributed by atoms with Gasteiger partial charge in [0.05, 0.1) is 0 Å². The molecular formula is C14H25N3O2. The van der Waals surface area contributed by atoms with Gasteiger partial charge in [-0.25, -0.2) is 0 Å². The summed E-state index contributed by atoms with van der Waals surface area (Å²) in [6, 6.07) is 0. The van der Waals surface area contributed by atoms with E-state index in [0.29, 0.717) is 19.5 Å². The van der Waals surface area contributed by atoms with Gasteiger partial charge in [-0.1, -0.05) is 6.42 Å². The molecule has 5 heteroatoms. The van der Waals surface area contributed by atoms with Gasteiger partial charge in [-0.15, -0.1) is 0 Å². The van der Waals surface area contributed by atoms with Gasteiger partial charge in [0.15, 0.2) is 0 Å². The Morgan fingerprint density at radius 1 is 1.00 bits per heavy atom. The lowest BCUT2D eigenvalue weighted by atomic mass is 9.96. The van der Waals surface area contributed by atoms with Crippen molar-refractivity contribution in [3.05, 3.63) is 0 Å². The maximum atomic E-state index is 12.1. The van der Waals surface area contributed by atoms with Crippen molar-refractivity contribution in [1.82, 2.24) is 9.80 Å². The van der Waals surface area contributed by atoms with E-state index in [2.05, 4.69) is 4.90 Å². The Morgan fingerprint density at radius 3 is 2.21 bits per heavy atom. The van der Waals surface area contributed by atoms with Gasteiger partial charge in [0.25, 0.3) is 0 Å². The lowest BCUT2D eigenvalue weighted by molar-refractivity contribution is -0.135. The second-order valence-electron chi connectivity index (χ2n) is 5.71. The molecule has 0 aliphatic carbocycles. The Hall–Kier alpha value is -1.10. The largest absolute Gasteiger partial charge is 0.369 e. The van der Waals surface area contributed by atoms with Crippen LogP contribution in [-0.2, 0) is 9.59 Å². The number of nitrogens with zero attached hydrogens (tertiary/aromatic N) is 2. The third-order valence-electron chi connectivity index (χ3n) is 4.34. The van der Waals surface area contributed by atoms with Crippen molar-refractivity contribution in [2.24, 2.45) is 11.7 Å².